The van der Waals surface area contributed by atoms with Gasteiger partial charge in [0.15, 0.2) is 11.6 Å². The van der Waals surface area contributed by atoms with Crippen molar-refractivity contribution in [3.8, 4) is 45.5 Å². The van der Waals surface area contributed by atoms with Crippen LogP contribution in [0.15, 0.2) is 224 Å². The fourth-order valence-electron chi connectivity index (χ4n) is 11.1. The lowest BCUT2D eigenvalue weighted by Crippen LogP contribution is -2.06. The lowest BCUT2D eigenvalue weighted by atomic mass is 9.92. The predicted molar refractivity (Wildman–Crippen MR) is 290 cm³/mol. The molecule has 0 amide bonds. The van der Waals surface area contributed by atoms with Crippen LogP contribution in [0.2, 0.25) is 0 Å². The Balaban J connectivity index is 0.966. The normalized spacial score (nSPS) is 12.1. The largest absolute Gasteiger partial charge is 0.309 e. The van der Waals surface area contributed by atoms with E-state index in [1.807, 2.05) is 18.2 Å². The highest BCUT2D eigenvalue weighted by molar-refractivity contribution is 7.26. The number of hydrogen-bond donors (Lipinski definition) is 0. The van der Waals surface area contributed by atoms with E-state index in [1.54, 1.807) is 11.3 Å². The molecular weight excluding hydrogens is 859 g/mol. The van der Waals surface area contributed by atoms with Crippen LogP contribution < -0.4 is 0 Å². The van der Waals surface area contributed by atoms with E-state index in [0.29, 0.717) is 17.6 Å². The van der Waals surface area contributed by atoms with Crippen LogP contribution in [0.1, 0.15) is 0 Å². The Morgan fingerprint density at radius 3 is 1.57 bits per heavy atom. The average Bonchev–Trinajstić information content (AvgIpc) is 4.08. The fraction of sp³-hybridized carbons (Fsp3) is 0. The number of rotatable bonds is 5. The lowest BCUT2D eigenvalue weighted by molar-refractivity contribution is 0.954. The molecule has 0 fully saturated rings. The van der Waals surface area contributed by atoms with Crippen molar-refractivity contribution in [1.82, 2.24) is 24.1 Å². The van der Waals surface area contributed by atoms with Crippen LogP contribution in [0.25, 0.3) is 142 Å². The summed E-state index contributed by atoms with van der Waals surface area (Å²) in [5.74, 6) is 1.84. The molecule has 4 aromatic heterocycles. The first-order valence-electron chi connectivity index (χ1n) is 23.3. The van der Waals surface area contributed by atoms with Crippen LogP contribution in [0, 0.1) is 0 Å². The first kappa shape index (κ1) is 38.2. The van der Waals surface area contributed by atoms with E-state index in [1.165, 1.54) is 64.1 Å². The molecular formula is C63H37N5S. The Morgan fingerprint density at radius 1 is 0.290 bits per heavy atom. The molecule has 0 unspecified atom stereocenters. The van der Waals surface area contributed by atoms with Crippen LogP contribution in [-0.4, -0.2) is 24.1 Å². The minimum atomic E-state index is 0.573. The van der Waals surface area contributed by atoms with Gasteiger partial charge in [-0.2, -0.15) is 9.97 Å². The Hall–Kier alpha value is -8.97. The molecule has 0 saturated carbocycles. The van der Waals surface area contributed by atoms with Crippen LogP contribution >= 0.6 is 11.3 Å². The third-order valence-corrected chi connectivity index (χ3v) is 15.4. The second-order valence-electron chi connectivity index (χ2n) is 17.9. The molecule has 0 bridgehead atoms. The van der Waals surface area contributed by atoms with Crippen LogP contribution in [0.3, 0.4) is 0 Å². The summed E-state index contributed by atoms with van der Waals surface area (Å²) in [6, 6.07) is 81.0. The zero-order chi connectivity index (χ0) is 45.2. The van der Waals surface area contributed by atoms with Crippen molar-refractivity contribution in [2.24, 2.45) is 0 Å². The first-order valence-corrected chi connectivity index (χ1v) is 24.2. The van der Waals surface area contributed by atoms with Gasteiger partial charge in [-0.3, -0.25) is 4.57 Å². The number of hydrogen-bond acceptors (Lipinski definition) is 4. The molecule has 15 rings (SSSR count). The number of thiophene rings is 1. The van der Waals surface area contributed by atoms with Gasteiger partial charge in [-0.15, -0.1) is 11.3 Å². The van der Waals surface area contributed by atoms with Gasteiger partial charge >= 0.3 is 0 Å². The topological polar surface area (TPSA) is 48.5 Å². The summed E-state index contributed by atoms with van der Waals surface area (Å²) in [4.78, 5) is 16.0. The minimum absolute atomic E-state index is 0.573. The highest BCUT2D eigenvalue weighted by atomic mass is 32.1. The molecule has 0 aliphatic rings. The van der Waals surface area contributed by atoms with E-state index in [0.717, 1.165) is 59.9 Å². The van der Waals surface area contributed by atoms with Crippen molar-refractivity contribution in [2.45, 2.75) is 0 Å². The first-order chi connectivity index (χ1) is 34.2. The molecule has 0 spiro atoms. The van der Waals surface area contributed by atoms with Crippen molar-refractivity contribution in [2.75, 3.05) is 0 Å². The summed E-state index contributed by atoms with van der Waals surface area (Å²) in [7, 11) is 0. The molecule has 4 heterocycles. The van der Waals surface area contributed by atoms with Crippen molar-refractivity contribution in [3.63, 3.8) is 0 Å². The van der Waals surface area contributed by atoms with E-state index in [-0.39, 0.29) is 0 Å². The molecule has 0 N–H and O–H groups in total. The van der Waals surface area contributed by atoms with Gasteiger partial charge in [-0.1, -0.05) is 170 Å². The summed E-state index contributed by atoms with van der Waals surface area (Å²) in [6.07, 6.45) is 0. The third-order valence-electron chi connectivity index (χ3n) is 14.1. The van der Waals surface area contributed by atoms with Crippen molar-refractivity contribution >= 4 is 107 Å². The zero-order valence-corrected chi connectivity index (χ0v) is 37.8. The summed E-state index contributed by atoms with van der Waals surface area (Å²) in [5.41, 5.74) is 9.66. The second kappa shape index (κ2) is 14.8. The number of aromatic nitrogens is 5. The standard InChI is InChI=1S/C63H37N5S/c1-2-16-38(17-3-1)61-64-62(51-28-15-27-50-49-26-10-13-31-59(49)69-60(50)51)66-63(65-61)68-56-30-12-9-25-48(56)54-36-53-47-24-8-11-29-55(47)67(57(53)37-58(54)68)41-19-14-18-39(34-41)40-32-33-46-44-22-5-4-20-42(44)43-21-6-7-23-45(43)52(46)35-40/h1-37H. The summed E-state index contributed by atoms with van der Waals surface area (Å²) in [6.45, 7) is 0. The molecule has 320 valence electrons. The zero-order valence-electron chi connectivity index (χ0n) is 37.0. The van der Waals surface area contributed by atoms with Crippen molar-refractivity contribution < 1.29 is 0 Å². The molecule has 0 aliphatic heterocycles. The number of benzene rings is 11. The molecule has 5 nitrogen and oxygen atoms in total. The smallest absolute Gasteiger partial charge is 0.238 e. The van der Waals surface area contributed by atoms with Gasteiger partial charge in [-0.05, 0) is 98.0 Å². The Bertz CT molecular complexity index is 4580. The monoisotopic (exact) mass is 895 g/mol. The van der Waals surface area contributed by atoms with Gasteiger partial charge in [0.25, 0.3) is 0 Å². The van der Waals surface area contributed by atoms with Gasteiger partial charge < -0.3 is 4.57 Å². The van der Waals surface area contributed by atoms with Gasteiger partial charge in [0.2, 0.25) is 5.95 Å². The van der Waals surface area contributed by atoms with Crippen LogP contribution in [0.4, 0.5) is 0 Å². The highest BCUT2D eigenvalue weighted by Gasteiger charge is 2.23. The molecule has 15 aromatic rings. The maximum atomic E-state index is 5.44. The SMILES string of the molecule is c1ccc(-c2nc(-c3cccc4c3sc3ccccc34)nc(-n3c4ccccc4c4cc5c6ccccc6n(-c6cccc(-c7ccc8c9ccccc9c9ccccc9c8c7)c6)c5cc43)n2)cc1. The summed E-state index contributed by atoms with van der Waals surface area (Å²) >= 11 is 1.79. The molecule has 69 heavy (non-hydrogen) atoms. The maximum absolute atomic E-state index is 5.44. The predicted octanol–water partition coefficient (Wildman–Crippen LogP) is 16.9. The van der Waals surface area contributed by atoms with Crippen LogP contribution in [0.5, 0.6) is 0 Å². The van der Waals surface area contributed by atoms with Crippen molar-refractivity contribution in [1.29, 1.82) is 0 Å². The minimum Gasteiger partial charge on any atom is -0.309 e. The van der Waals surface area contributed by atoms with Gasteiger partial charge in [-0.25, -0.2) is 4.98 Å². The molecule has 6 heteroatoms. The second-order valence-corrected chi connectivity index (χ2v) is 19.0. The fourth-order valence-corrected chi connectivity index (χ4v) is 12.3. The molecule has 0 atom stereocenters. The van der Waals surface area contributed by atoms with Crippen LogP contribution in [-0.2, 0) is 0 Å². The van der Waals surface area contributed by atoms with E-state index in [9.17, 15) is 0 Å². The van der Waals surface area contributed by atoms with Gasteiger partial charge in [0.05, 0.1) is 22.1 Å². The van der Waals surface area contributed by atoms with E-state index in [2.05, 4.69) is 215 Å². The molecule has 0 aliphatic carbocycles. The molecule has 0 saturated heterocycles. The Labute approximate surface area is 399 Å². The van der Waals surface area contributed by atoms with Gasteiger partial charge in [0.1, 0.15) is 0 Å². The van der Waals surface area contributed by atoms with E-state index in [4.69, 9.17) is 15.0 Å². The lowest BCUT2D eigenvalue weighted by Gasteiger charge is -2.14. The maximum Gasteiger partial charge on any atom is 0.238 e. The van der Waals surface area contributed by atoms with E-state index >= 15 is 0 Å². The highest BCUT2D eigenvalue weighted by Crippen LogP contribution is 2.43. The molecule has 11 aromatic carbocycles. The third kappa shape index (κ3) is 5.73. The summed E-state index contributed by atoms with van der Waals surface area (Å²) in [5, 5.41) is 14.7. The average molecular weight is 896 g/mol. The Morgan fingerprint density at radius 2 is 0.826 bits per heavy atom. The molecule has 0 radical (unpaired) electrons. The Kier molecular flexibility index (Phi) is 8.17. The number of para-hydroxylation sites is 2. The number of fused-ring (bicyclic) bond motifs is 15. The summed E-state index contributed by atoms with van der Waals surface area (Å²) < 4.78 is 7.07. The van der Waals surface area contributed by atoms with Gasteiger partial charge in [0, 0.05) is 58.5 Å². The van der Waals surface area contributed by atoms with Crippen molar-refractivity contribution in [3.05, 3.63) is 224 Å². The number of nitrogens with zero attached hydrogens (tertiary/aromatic N) is 5. The quantitative estimate of drug-likeness (QED) is 0.162. The van der Waals surface area contributed by atoms with E-state index < -0.39 is 0 Å².